The Morgan fingerprint density at radius 2 is 0.840 bits per heavy atom. The molecular formula is C21H20O4. The molecule has 1 unspecified atom stereocenters. The molecule has 4 N–H and O–H groups in total. The number of aliphatic hydroxyl groups excluding tert-OH is 1. The second-order valence-corrected chi connectivity index (χ2v) is 6.04. The van der Waals surface area contributed by atoms with Crippen LogP contribution in [0, 0.1) is 0 Å². The molecule has 0 bridgehead atoms. The molecule has 0 aromatic heterocycles. The summed E-state index contributed by atoms with van der Waals surface area (Å²) in [6.07, 6.45) is 0. The summed E-state index contributed by atoms with van der Waals surface area (Å²) in [5.74, 6) is 0.119. The summed E-state index contributed by atoms with van der Waals surface area (Å²) >= 11 is 0. The number of hydrogen-bond donors (Lipinski definition) is 4. The Kier molecular flexibility index (Phi) is 4.91. The quantitative estimate of drug-likeness (QED) is 0.572. The molecule has 0 aliphatic rings. The van der Waals surface area contributed by atoms with Crippen LogP contribution < -0.4 is 0 Å². The van der Waals surface area contributed by atoms with Crippen LogP contribution >= 0.6 is 0 Å². The largest absolute Gasteiger partial charge is 0.508 e. The van der Waals surface area contributed by atoms with E-state index in [2.05, 4.69) is 0 Å². The number of hydrogen-bond acceptors (Lipinski definition) is 4. The van der Waals surface area contributed by atoms with E-state index in [-0.39, 0.29) is 35.7 Å². The molecule has 4 heteroatoms. The van der Waals surface area contributed by atoms with Gasteiger partial charge in [0.1, 0.15) is 17.2 Å². The van der Waals surface area contributed by atoms with Crippen molar-refractivity contribution in [2.24, 2.45) is 0 Å². The van der Waals surface area contributed by atoms with Crippen molar-refractivity contribution in [3.05, 3.63) is 89.5 Å². The zero-order chi connectivity index (χ0) is 17.8. The van der Waals surface area contributed by atoms with Gasteiger partial charge in [-0.05, 0) is 53.1 Å². The summed E-state index contributed by atoms with van der Waals surface area (Å²) in [5, 5.41) is 38.8. The standard InChI is InChI=1S/C21H20O4/c22-13-20(14-1-7-17(23)8-2-14)21(15-3-9-18(24)10-4-15)16-5-11-19(25)12-6-16/h1-12,20-25H,13H2. The Labute approximate surface area is 146 Å². The minimum atomic E-state index is -0.241. The van der Waals surface area contributed by atoms with E-state index in [9.17, 15) is 20.4 Å². The van der Waals surface area contributed by atoms with E-state index < -0.39 is 0 Å². The van der Waals surface area contributed by atoms with Crippen molar-refractivity contribution in [1.29, 1.82) is 0 Å². The first-order valence-electron chi connectivity index (χ1n) is 8.06. The summed E-state index contributed by atoms with van der Waals surface area (Å²) in [6, 6.07) is 20.6. The Bertz CT molecular complexity index is 763. The van der Waals surface area contributed by atoms with Crippen LogP contribution in [0.1, 0.15) is 28.5 Å². The number of aliphatic hydroxyl groups is 1. The molecule has 0 aliphatic heterocycles. The minimum absolute atomic E-state index is 0.0861. The molecule has 3 aromatic rings. The Hall–Kier alpha value is -2.98. The molecule has 4 nitrogen and oxygen atoms in total. The molecule has 0 heterocycles. The smallest absolute Gasteiger partial charge is 0.115 e. The first kappa shape index (κ1) is 16.9. The highest BCUT2D eigenvalue weighted by Gasteiger charge is 2.26. The zero-order valence-corrected chi connectivity index (χ0v) is 13.6. The average Bonchev–Trinajstić information content (AvgIpc) is 2.63. The predicted octanol–water partition coefficient (Wildman–Crippen LogP) is 3.71. The van der Waals surface area contributed by atoms with Gasteiger partial charge in [0.25, 0.3) is 0 Å². The highest BCUT2D eigenvalue weighted by molar-refractivity contribution is 5.42. The van der Waals surface area contributed by atoms with Crippen LogP contribution in [0.5, 0.6) is 17.2 Å². The molecule has 0 radical (unpaired) electrons. The Morgan fingerprint density at radius 1 is 0.520 bits per heavy atom. The lowest BCUT2D eigenvalue weighted by molar-refractivity contribution is 0.255. The summed E-state index contributed by atoms with van der Waals surface area (Å²) in [7, 11) is 0. The maximum Gasteiger partial charge on any atom is 0.115 e. The summed E-state index contributed by atoms with van der Waals surface area (Å²) < 4.78 is 0. The van der Waals surface area contributed by atoms with Gasteiger partial charge in [-0.2, -0.15) is 0 Å². The fourth-order valence-electron chi connectivity index (χ4n) is 3.15. The highest BCUT2D eigenvalue weighted by Crippen LogP contribution is 2.39. The van der Waals surface area contributed by atoms with Gasteiger partial charge in [-0.3, -0.25) is 0 Å². The number of phenols is 3. The second-order valence-electron chi connectivity index (χ2n) is 6.04. The van der Waals surface area contributed by atoms with E-state index in [1.165, 1.54) is 0 Å². The molecule has 0 fully saturated rings. The van der Waals surface area contributed by atoms with Crippen LogP contribution in [0.25, 0.3) is 0 Å². The van der Waals surface area contributed by atoms with E-state index in [1.54, 1.807) is 48.5 Å². The molecule has 0 spiro atoms. The fraction of sp³-hybridized carbons (Fsp3) is 0.143. The predicted molar refractivity (Wildman–Crippen MR) is 96.0 cm³/mol. The van der Waals surface area contributed by atoms with E-state index >= 15 is 0 Å². The van der Waals surface area contributed by atoms with Gasteiger partial charge < -0.3 is 20.4 Å². The SMILES string of the molecule is OCC(c1ccc(O)cc1)C(c1ccc(O)cc1)c1ccc(O)cc1. The van der Waals surface area contributed by atoms with Gasteiger partial charge in [0.05, 0.1) is 6.61 Å². The highest BCUT2D eigenvalue weighted by atomic mass is 16.3. The van der Waals surface area contributed by atoms with Crippen molar-refractivity contribution in [3.8, 4) is 17.2 Å². The van der Waals surface area contributed by atoms with Crippen LogP contribution in [-0.2, 0) is 0 Å². The van der Waals surface area contributed by atoms with Gasteiger partial charge in [0, 0.05) is 11.8 Å². The van der Waals surface area contributed by atoms with Gasteiger partial charge in [0.2, 0.25) is 0 Å². The van der Waals surface area contributed by atoms with Crippen molar-refractivity contribution >= 4 is 0 Å². The molecule has 3 aromatic carbocycles. The zero-order valence-electron chi connectivity index (χ0n) is 13.6. The molecule has 128 valence electrons. The first-order valence-corrected chi connectivity index (χ1v) is 8.06. The third kappa shape index (κ3) is 3.75. The van der Waals surface area contributed by atoms with E-state index in [0.29, 0.717) is 0 Å². The van der Waals surface area contributed by atoms with Gasteiger partial charge >= 0.3 is 0 Å². The van der Waals surface area contributed by atoms with E-state index in [4.69, 9.17) is 0 Å². The molecule has 1 atom stereocenters. The Balaban J connectivity index is 2.09. The average molecular weight is 336 g/mol. The topological polar surface area (TPSA) is 80.9 Å². The first-order chi connectivity index (χ1) is 12.1. The van der Waals surface area contributed by atoms with Crippen LogP contribution in [0.2, 0.25) is 0 Å². The minimum Gasteiger partial charge on any atom is -0.508 e. The molecule has 0 aliphatic carbocycles. The summed E-state index contributed by atoms with van der Waals surface area (Å²) in [5.41, 5.74) is 2.78. The van der Waals surface area contributed by atoms with Crippen molar-refractivity contribution in [2.75, 3.05) is 6.61 Å². The maximum absolute atomic E-state index is 10.1. The number of aromatic hydroxyl groups is 3. The van der Waals surface area contributed by atoms with E-state index in [1.807, 2.05) is 24.3 Å². The third-order valence-corrected chi connectivity index (χ3v) is 4.42. The van der Waals surface area contributed by atoms with Crippen LogP contribution in [-0.4, -0.2) is 27.0 Å². The molecule has 0 saturated carbocycles. The van der Waals surface area contributed by atoms with Gasteiger partial charge in [0.15, 0.2) is 0 Å². The van der Waals surface area contributed by atoms with Crippen molar-refractivity contribution in [2.45, 2.75) is 11.8 Å². The maximum atomic E-state index is 10.1. The molecule has 25 heavy (non-hydrogen) atoms. The second kappa shape index (κ2) is 7.28. The lowest BCUT2D eigenvalue weighted by Gasteiger charge is -2.27. The van der Waals surface area contributed by atoms with Crippen molar-refractivity contribution < 1.29 is 20.4 Å². The number of benzene rings is 3. The third-order valence-electron chi connectivity index (χ3n) is 4.42. The van der Waals surface area contributed by atoms with Crippen LogP contribution in [0.15, 0.2) is 72.8 Å². The number of phenolic OH excluding ortho intramolecular Hbond substituents is 3. The molecule has 0 amide bonds. The van der Waals surface area contributed by atoms with Crippen LogP contribution in [0.3, 0.4) is 0 Å². The Morgan fingerprint density at radius 3 is 1.16 bits per heavy atom. The summed E-state index contributed by atoms with van der Waals surface area (Å²) in [4.78, 5) is 0. The lowest BCUT2D eigenvalue weighted by atomic mass is 9.77. The summed E-state index contributed by atoms with van der Waals surface area (Å²) in [6.45, 7) is -0.0861. The van der Waals surface area contributed by atoms with Gasteiger partial charge in [-0.1, -0.05) is 36.4 Å². The van der Waals surface area contributed by atoms with Gasteiger partial charge in [-0.25, -0.2) is 0 Å². The van der Waals surface area contributed by atoms with Gasteiger partial charge in [-0.15, -0.1) is 0 Å². The molecule has 0 saturated heterocycles. The normalized spacial score (nSPS) is 12.2. The molecular weight excluding hydrogens is 316 g/mol. The van der Waals surface area contributed by atoms with Crippen molar-refractivity contribution in [3.63, 3.8) is 0 Å². The lowest BCUT2D eigenvalue weighted by Crippen LogP contribution is -2.16. The van der Waals surface area contributed by atoms with E-state index in [0.717, 1.165) is 16.7 Å². The van der Waals surface area contributed by atoms with Crippen molar-refractivity contribution in [1.82, 2.24) is 0 Å². The fourth-order valence-corrected chi connectivity index (χ4v) is 3.15. The number of rotatable bonds is 5. The van der Waals surface area contributed by atoms with Crippen LogP contribution in [0.4, 0.5) is 0 Å². The monoisotopic (exact) mass is 336 g/mol. The molecule has 3 rings (SSSR count).